The van der Waals surface area contributed by atoms with Gasteiger partial charge >= 0.3 is 0 Å². The van der Waals surface area contributed by atoms with Crippen LogP contribution in [0.4, 0.5) is 0 Å². The average Bonchev–Trinajstić information content (AvgIpc) is 3.70. The van der Waals surface area contributed by atoms with Crippen LogP contribution >= 0.6 is 0 Å². The molecule has 0 bridgehead atoms. The smallest absolute Gasteiger partial charge is 0.0159 e. The van der Waals surface area contributed by atoms with Gasteiger partial charge in [-0.15, -0.1) is 0 Å². The first kappa shape index (κ1) is 34.0. The summed E-state index contributed by atoms with van der Waals surface area (Å²) in [5.41, 5.74) is 21.5. The Morgan fingerprint density at radius 1 is 0.298 bits per heavy atom. The van der Waals surface area contributed by atoms with Gasteiger partial charge in [-0.25, -0.2) is 0 Å². The van der Waals surface area contributed by atoms with Crippen molar-refractivity contribution in [1.82, 2.24) is 0 Å². The highest BCUT2D eigenvalue weighted by atomic mass is 14.5. The number of benzene rings is 8. The topological polar surface area (TPSA) is 0 Å². The molecule has 8 aromatic rings. The Hall–Kier alpha value is -6.24. The van der Waals surface area contributed by atoms with E-state index in [2.05, 4.69) is 211 Å². The van der Waals surface area contributed by atoms with Crippen LogP contribution in [0.15, 0.2) is 146 Å². The molecule has 3 aliphatic rings. The maximum atomic E-state index is 2.58. The molecule has 0 nitrogen and oxygen atoms in total. The third-order valence-corrected chi connectivity index (χ3v) is 13.8. The summed E-state index contributed by atoms with van der Waals surface area (Å²) < 4.78 is 0. The Labute approximate surface area is 336 Å². The van der Waals surface area contributed by atoms with Crippen LogP contribution in [0, 0.1) is 0 Å². The van der Waals surface area contributed by atoms with Gasteiger partial charge in [0.1, 0.15) is 0 Å². The molecular weight excluding hydrogens is 685 g/mol. The van der Waals surface area contributed by atoms with Crippen molar-refractivity contribution in [1.29, 1.82) is 0 Å². The fourth-order valence-electron chi connectivity index (χ4n) is 10.7. The summed E-state index contributed by atoms with van der Waals surface area (Å²) in [6, 6.07) is 54.6. The summed E-state index contributed by atoms with van der Waals surface area (Å²) in [6.07, 6.45) is 9.12. The lowest BCUT2D eigenvalue weighted by atomic mass is 9.78. The van der Waals surface area contributed by atoms with E-state index in [0.29, 0.717) is 0 Å². The zero-order valence-corrected chi connectivity index (χ0v) is 33.7. The molecule has 0 atom stereocenters. The van der Waals surface area contributed by atoms with Gasteiger partial charge in [-0.3, -0.25) is 0 Å². The van der Waals surface area contributed by atoms with Crippen LogP contribution in [0.2, 0.25) is 0 Å². The minimum Gasteiger partial charge on any atom is -0.0622 e. The lowest BCUT2D eigenvalue weighted by Gasteiger charge is -2.25. The Balaban J connectivity index is 1.08. The quantitative estimate of drug-likeness (QED) is 0.158. The van der Waals surface area contributed by atoms with E-state index in [1.165, 1.54) is 111 Å². The normalized spacial score (nSPS) is 16.2. The van der Waals surface area contributed by atoms with Crippen molar-refractivity contribution in [3.63, 3.8) is 0 Å². The van der Waals surface area contributed by atoms with Crippen LogP contribution in [0.5, 0.6) is 0 Å². The molecule has 11 rings (SSSR count). The van der Waals surface area contributed by atoms with E-state index in [9.17, 15) is 0 Å². The first-order valence-corrected chi connectivity index (χ1v) is 20.5. The molecule has 0 heterocycles. The third kappa shape index (κ3) is 4.80. The third-order valence-electron chi connectivity index (χ3n) is 13.8. The van der Waals surface area contributed by atoms with Crippen molar-refractivity contribution >= 4 is 45.8 Å². The maximum Gasteiger partial charge on any atom is 0.0159 e. The van der Waals surface area contributed by atoms with Crippen molar-refractivity contribution in [3.8, 4) is 33.4 Å². The van der Waals surface area contributed by atoms with E-state index < -0.39 is 0 Å². The minimum atomic E-state index is -0.156. The largest absolute Gasteiger partial charge is 0.0622 e. The summed E-state index contributed by atoms with van der Waals surface area (Å²) in [6.45, 7) is 14.6. The summed E-state index contributed by atoms with van der Waals surface area (Å²) in [5.74, 6) is 0. The van der Waals surface area contributed by atoms with Gasteiger partial charge in [0.15, 0.2) is 0 Å². The number of rotatable bonds is 4. The first-order chi connectivity index (χ1) is 27.5. The second-order valence-corrected chi connectivity index (χ2v) is 18.1. The van der Waals surface area contributed by atoms with E-state index >= 15 is 0 Å². The van der Waals surface area contributed by atoms with Crippen molar-refractivity contribution in [2.24, 2.45) is 0 Å². The average molecular weight is 731 g/mol. The van der Waals surface area contributed by atoms with Crippen molar-refractivity contribution in [2.75, 3.05) is 0 Å². The van der Waals surface area contributed by atoms with Gasteiger partial charge in [-0.2, -0.15) is 0 Å². The lowest BCUT2D eigenvalue weighted by Crippen LogP contribution is -2.17. The van der Waals surface area contributed by atoms with Crippen molar-refractivity contribution in [2.45, 2.75) is 57.8 Å². The molecule has 8 aromatic carbocycles. The molecule has 0 spiro atoms. The first-order valence-electron chi connectivity index (χ1n) is 20.5. The second kappa shape index (κ2) is 11.9. The number of fused-ring (bicyclic) bond motifs is 13. The zero-order chi connectivity index (χ0) is 38.8. The number of hydrogen-bond donors (Lipinski definition) is 0. The summed E-state index contributed by atoms with van der Waals surface area (Å²) in [5, 5.41) is 5.28. The molecule has 0 fully saturated rings. The molecular formula is C57H46. The Kier molecular flexibility index (Phi) is 7.10. The zero-order valence-electron chi connectivity index (χ0n) is 33.7. The van der Waals surface area contributed by atoms with Crippen LogP contribution in [-0.2, 0) is 16.2 Å². The molecule has 0 N–H and O–H groups in total. The Morgan fingerprint density at radius 2 is 0.614 bits per heavy atom. The van der Waals surface area contributed by atoms with Gasteiger partial charge in [-0.05, 0) is 147 Å². The molecule has 0 radical (unpaired) electrons. The molecule has 57 heavy (non-hydrogen) atoms. The highest BCUT2D eigenvalue weighted by molar-refractivity contribution is 6.09. The van der Waals surface area contributed by atoms with E-state index in [-0.39, 0.29) is 16.2 Å². The van der Waals surface area contributed by atoms with Gasteiger partial charge < -0.3 is 0 Å². The molecule has 0 saturated carbocycles. The highest BCUT2D eigenvalue weighted by Crippen LogP contribution is 2.61. The monoisotopic (exact) mass is 730 g/mol. The minimum absolute atomic E-state index is 0.152. The Morgan fingerprint density at radius 3 is 1.02 bits per heavy atom. The summed E-state index contributed by atoms with van der Waals surface area (Å²) in [4.78, 5) is 0. The standard InChI is InChI=1S/C57H46/c1-55(2)47-33-45-49(56(3,4)51-29-37(27-25-35-17-9-7-10-18-35)39-21-13-15-23-41(39)53(45)51)31-43(47)44-32-50-46(34-48(44)55)54-42-24-16-14-22-40(42)38(30-52(54)57(50,5)6)28-26-36-19-11-8-12-20-36/h7-34H,1-6H3. The van der Waals surface area contributed by atoms with Crippen LogP contribution in [0.25, 0.3) is 79.2 Å². The molecule has 3 aliphatic carbocycles. The van der Waals surface area contributed by atoms with Crippen LogP contribution in [-0.4, -0.2) is 0 Å². The fourth-order valence-corrected chi connectivity index (χ4v) is 10.7. The van der Waals surface area contributed by atoms with Gasteiger partial charge in [0.25, 0.3) is 0 Å². The SMILES string of the molecule is CC1(C)c2cc3c(cc2-c2cc4c(cc21)-c1c(cc(C=Cc2ccccc2)c2ccccc12)C4(C)C)C(C)(C)c1cc(C=Cc2ccccc2)c2ccccc2c1-3. The van der Waals surface area contributed by atoms with Crippen LogP contribution in [0.3, 0.4) is 0 Å². The maximum absolute atomic E-state index is 2.58. The van der Waals surface area contributed by atoms with Gasteiger partial charge in [0.05, 0.1) is 0 Å². The molecule has 0 saturated heterocycles. The molecule has 0 aromatic heterocycles. The second-order valence-electron chi connectivity index (χ2n) is 18.1. The van der Waals surface area contributed by atoms with Gasteiger partial charge in [-0.1, -0.05) is 175 Å². The van der Waals surface area contributed by atoms with Gasteiger partial charge in [0.2, 0.25) is 0 Å². The summed E-state index contributed by atoms with van der Waals surface area (Å²) >= 11 is 0. The Bertz CT molecular complexity index is 2850. The predicted octanol–water partition coefficient (Wildman–Crippen LogP) is 15.3. The van der Waals surface area contributed by atoms with E-state index in [1.54, 1.807) is 0 Å². The van der Waals surface area contributed by atoms with Crippen LogP contribution in [0.1, 0.15) is 97.2 Å². The molecule has 0 amide bonds. The van der Waals surface area contributed by atoms with Crippen molar-refractivity contribution in [3.05, 3.63) is 201 Å². The molecule has 0 heteroatoms. The number of hydrogen-bond acceptors (Lipinski definition) is 0. The predicted molar refractivity (Wildman–Crippen MR) is 245 cm³/mol. The highest BCUT2D eigenvalue weighted by Gasteiger charge is 2.45. The van der Waals surface area contributed by atoms with E-state index in [1.807, 2.05) is 0 Å². The molecule has 0 aliphatic heterocycles. The lowest BCUT2D eigenvalue weighted by molar-refractivity contribution is 0.649. The van der Waals surface area contributed by atoms with Crippen LogP contribution < -0.4 is 0 Å². The molecule has 0 unspecified atom stereocenters. The van der Waals surface area contributed by atoms with Crippen molar-refractivity contribution < 1.29 is 0 Å². The molecule has 274 valence electrons. The summed E-state index contributed by atoms with van der Waals surface area (Å²) in [7, 11) is 0. The van der Waals surface area contributed by atoms with E-state index in [4.69, 9.17) is 0 Å². The fraction of sp³-hybridized carbons (Fsp3) is 0.158. The van der Waals surface area contributed by atoms with Gasteiger partial charge in [0, 0.05) is 16.2 Å². The van der Waals surface area contributed by atoms with E-state index in [0.717, 1.165) is 0 Å².